The van der Waals surface area contributed by atoms with E-state index in [2.05, 4.69) is 11.9 Å². The summed E-state index contributed by atoms with van der Waals surface area (Å²) in [6.07, 6.45) is 3.36. The minimum absolute atomic E-state index is 0.242. The normalized spacial score (nSPS) is 34.8. The molecule has 2 saturated heterocycles. The van der Waals surface area contributed by atoms with Crippen LogP contribution >= 0.6 is 0 Å². The van der Waals surface area contributed by atoms with Gasteiger partial charge in [0.05, 0.1) is 5.60 Å². The van der Waals surface area contributed by atoms with Gasteiger partial charge in [0.1, 0.15) is 0 Å². The van der Waals surface area contributed by atoms with Crippen molar-refractivity contribution in [2.24, 2.45) is 0 Å². The van der Waals surface area contributed by atoms with Crippen LogP contribution in [0.5, 0.6) is 0 Å². The van der Waals surface area contributed by atoms with Crippen LogP contribution in [0.3, 0.4) is 0 Å². The maximum atomic E-state index is 13.7. The predicted molar refractivity (Wildman–Crippen MR) is 68.8 cm³/mol. The molecule has 2 heterocycles. The second-order valence-electron chi connectivity index (χ2n) is 6.02. The van der Waals surface area contributed by atoms with Crippen LogP contribution in [0.1, 0.15) is 36.8 Å². The molecule has 1 N–H and O–H groups in total. The lowest BCUT2D eigenvalue weighted by atomic mass is 9.79. The first-order chi connectivity index (χ1) is 8.92. The highest BCUT2D eigenvalue weighted by Crippen LogP contribution is 2.45. The van der Waals surface area contributed by atoms with Crippen LogP contribution in [0.25, 0.3) is 0 Å². The maximum absolute atomic E-state index is 13.7. The van der Waals surface area contributed by atoms with Gasteiger partial charge in [-0.1, -0.05) is 6.07 Å². The highest BCUT2D eigenvalue weighted by Gasteiger charge is 2.47. The zero-order valence-corrected chi connectivity index (χ0v) is 11.3. The van der Waals surface area contributed by atoms with Crippen LogP contribution in [0.2, 0.25) is 0 Å². The highest BCUT2D eigenvalue weighted by atomic mass is 19.2. The molecule has 1 aromatic carbocycles. The molecule has 0 saturated carbocycles. The van der Waals surface area contributed by atoms with Crippen LogP contribution in [0.15, 0.2) is 12.1 Å². The minimum Gasteiger partial charge on any atom is -0.385 e. The average Bonchev–Trinajstić information content (AvgIpc) is 2.60. The zero-order valence-electron chi connectivity index (χ0n) is 11.3. The summed E-state index contributed by atoms with van der Waals surface area (Å²) in [5.41, 5.74) is -0.223. The fourth-order valence-corrected chi connectivity index (χ4v) is 3.82. The molecule has 4 heteroatoms. The van der Waals surface area contributed by atoms with E-state index in [1.165, 1.54) is 0 Å². The lowest BCUT2D eigenvalue weighted by Crippen LogP contribution is -2.48. The largest absolute Gasteiger partial charge is 0.385 e. The highest BCUT2D eigenvalue weighted by molar-refractivity contribution is 5.34. The number of fused-ring (bicyclic) bond motifs is 2. The average molecular weight is 267 g/mol. The third kappa shape index (κ3) is 1.89. The summed E-state index contributed by atoms with van der Waals surface area (Å²) in [5, 5.41) is 10.9. The number of halogens is 2. The van der Waals surface area contributed by atoms with E-state index in [1.807, 2.05) is 0 Å². The van der Waals surface area contributed by atoms with E-state index in [0.29, 0.717) is 30.5 Å². The number of hydrogen-bond donors (Lipinski definition) is 1. The van der Waals surface area contributed by atoms with Gasteiger partial charge in [-0.05, 0) is 56.8 Å². The van der Waals surface area contributed by atoms with Crippen LogP contribution in [-0.2, 0) is 5.60 Å². The lowest BCUT2D eigenvalue weighted by Gasteiger charge is -2.43. The summed E-state index contributed by atoms with van der Waals surface area (Å²) in [6.45, 7) is 1.55. The molecule has 0 aliphatic carbocycles. The van der Waals surface area contributed by atoms with Crippen molar-refractivity contribution in [3.8, 4) is 0 Å². The molecule has 2 nitrogen and oxygen atoms in total. The first-order valence-electron chi connectivity index (χ1n) is 6.82. The van der Waals surface area contributed by atoms with Gasteiger partial charge in [0, 0.05) is 12.1 Å². The Labute approximate surface area is 112 Å². The third-order valence-electron chi connectivity index (χ3n) is 4.97. The van der Waals surface area contributed by atoms with Gasteiger partial charge in [-0.25, -0.2) is 8.78 Å². The van der Waals surface area contributed by atoms with Gasteiger partial charge in [0.15, 0.2) is 11.6 Å². The summed E-state index contributed by atoms with van der Waals surface area (Å²) >= 11 is 0. The van der Waals surface area contributed by atoms with Crippen LogP contribution in [0, 0.1) is 18.6 Å². The van der Waals surface area contributed by atoms with E-state index in [0.717, 1.165) is 18.9 Å². The van der Waals surface area contributed by atoms with Crippen molar-refractivity contribution in [3.05, 3.63) is 34.9 Å². The summed E-state index contributed by atoms with van der Waals surface area (Å²) in [7, 11) is 2.08. The molecule has 1 aromatic rings. The third-order valence-corrected chi connectivity index (χ3v) is 4.97. The van der Waals surface area contributed by atoms with Gasteiger partial charge in [0.2, 0.25) is 0 Å². The van der Waals surface area contributed by atoms with Gasteiger partial charge in [-0.2, -0.15) is 0 Å². The Balaban J connectivity index is 2.00. The molecular weight excluding hydrogens is 248 g/mol. The molecule has 3 rings (SSSR count). The monoisotopic (exact) mass is 267 g/mol. The van der Waals surface area contributed by atoms with E-state index in [-0.39, 0.29) is 5.56 Å². The molecule has 2 atom stereocenters. The van der Waals surface area contributed by atoms with E-state index >= 15 is 0 Å². The molecule has 0 amide bonds. The summed E-state index contributed by atoms with van der Waals surface area (Å²) < 4.78 is 26.9. The molecule has 0 radical (unpaired) electrons. The van der Waals surface area contributed by atoms with Gasteiger partial charge in [0.25, 0.3) is 0 Å². The summed E-state index contributed by atoms with van der Waals surface area (Å²) in [6, 6.07) is 3.35. The molecule has 2 unspecified atom stereocenters. The summed E-state index contributed by atoms with van der Waals surface area (Å²) in [4.78, 5) is 2.31. The van der Waals surface area contributed by atoms with Gasteiger partial charge in [-0.3, -0.25) is 0 Å². The van der Waals surface area contributed by atoms with Crippen molar-refractivity contribution in [1.29, 1.82) is 0 Å². The van der Waals surface area contributed by atoms with Crippen LogP contribution in [0.4, 0.5) is 8.78 Å². The minimum atomic E-state index is -1.02. The summed E-state index contributed by atoms with van der Waals surface area (Å²) in [5.74, 6) is -1.68. The van der Waals surface area contributed by atoms with Crippen molar-refractivity contribution in [2.75, 3.05) is 7.05 Å². The Hall–Kier alpha value is -1.00. The Morgan fingerprint density at radius 1 is 1.21 bits per heavy atom. The van der Waals surface area contributed by atoms with Crippen molar-refractivity contribution < 1.29 is 13.9 Å². The van der Waals surface area contributed by atoms with E-state index in [9.17, 15) is 13.9 Å². The van der Waals surface area contributed by atoms with Crippen LogP contribution < -0.4 is 0 Å². The fraction of sp³-hybridized carbons (Fsp3) is 0.600. The molecular formula is C15H19F2NO. The lowest BCUT2D eigenvalue weighted by molar-refractivity contribution is -0.0500. The van der Waals surface area contributed by atoms with E-state index < -0.39 is 17.2 Å². The first-order valence-corrected chi connectivity index (χ1v) is 6.82. The molecule has 0 aromatic heterocycles. The molecule has 104 valence electrons. The molecule has 2 aliphatic heterocycles. The molecule has 19 heavy (non-hydrogen) atoms. The topological polar surface area (TPSA) is 23.5 Å². The van der Waals surface area contributed by atoms with E-state index in [4.69, 9.17) is 0 Å². The Kier molecular flexibility index (Phi) is 2.91. The number of hydrogen-bond acceptors (Lipinski definition) is 2. The van der Waals surface area contributed by atoms with Crippen LogP contribution in [-0.4, -0.2) is 29.1 Å². The van der Waals surface area contributed by atoms with Crippen molar-refractivity contribution >= 4 is 0 Å². The first kappa shape index (κ1) is 13.0. The maximum Gasteiger partial charge on any atom is 0.162 e. The van der Waals surface area contributed by atoms with Crippen molar-refractivity contribution in [2.45, 2.75) is 50.3 Å². The standard InChI is InChI=1S/C15H19F2NO/c1-9-12(5-6-13(16)14(9)17)15(19)7-10-3-4-11(8-15)18(10)2/h5-6,10-11,19H,3-4,7-8H2,1-2H3. The quantitative estimate of drug-likeness (QED) is 0.845. The number of benzene rings is 1. The Bertz CT molecular complexity index is 503. The molecule has 2 bridgehead atoms. The van der Waals surface area contributed by atoms with Gasteiger partial charge >= 0.3 is 0 Å². The molecule has 0 spiro atoms. The number of piperidine rings is 1. The number of aliphatic hydroxyl groups is 1. The Morgan fingerprint density at radius 2 is 1.79 bits per heavy atom. The predicted octanol–water partition coefficient (Wildman–Crippen LogP) is 2.72. The SMILES string of the molecule is Cc1c(C2(O)CC3CCC(C2)N3C)ccc(F)c1F. The Morgan fingerprint density at radius 3 is 2.37 bits per heavy atom. The second-order valence-corrected chi connectivity index (χ2v) is 6.02. The zero-order chi connectivity index (χ0) is 13.8. The van der Waals surface area contributed by atoms with Crippen molar-refractivity contribution in [1.82, 2.24) is 4.90 Å². The van der Waals surface area contributed by atoms with E-state index in [1.54, 1.807) is 13.0 Å². The fourth-order valence-electron chi connectivity index (χ4n) is 3.82. The van der Waals surface area contributed by atoms with Crippen molar-refractivity contribution in [3.63, 3.8) is 0 Å². The number of nitrogens with zero attached hydrogens (tertiary/aromatic N) is 1. The molecule has 2 aliphatic rings. The smallest absolute Gasteiger partial charge is 0.162 e. The molecule has 2 fully saturated rings. The van der Waals surface area contributed by atoms with Gasteiger partial charge in [-0.15, -0.1) is 0 Å². The number of rotatable bonds is 1. The second kappa shape index (κ2) is 4.25. The van der Waals surface area contributed by atoms with Gasteiger partial charge < -0.3 is 10.0 Å².